The summed E-state index contributed by atoms with van der Waals surface area (Å²) in [5.41, 5.74) is -1.12. The molecule has 2 heterocycles. The van der Waals surface area contributed by atoms with Gasteiger partial charge in [-0.1, -0.05) is 18.2 Å². The van der Waals surface area contributed by atoms with Crippen LogP contribution in [0.2, 0.25) is 0 Å². The zero-order valence-electron chi connectivity index (χ0n) is 19.9. The molecule has 13 nitrogen and oxygen atoms in total. The van der Waals surface area contributed by atoms with E-state index in [1.54, 1.807) is 30.3 Å². The molecule has 2 aromatic rings. The van der Waals surface area contributed by atoms with Gasteiger partial charge in [-0.15, -0.1) is 0 Å². The van der Waals surface area contributed by atoms with Crippen LogP contribution in [0.5, 0.6) is 5.75 Å². The van der Waals surface area contributed by atoms with Gasteiger partial charge in [-0.25, -0.2) is 9.36 Å². The molecule has 1 aliphatic heterocycles. The van der Waals surface area contributed by atoms with Crippen LogP contribution in [0.25, 0.3) is 0 Å². The number of esters is 1. The van der Waals surface area contributed by atoms with E-state index in [1.807, 2.05) is 0 Å². The summed E-state index contributed by atoms with van der Waals surface area (Å²) in [7, 11) is -2.67. The lowest BCUT2D eigenvalue weighted by Gasteiger charge is -2.24. The number of aliphatic hydroxyl groups is 1. The van der Waals surface area contributed by atoms with E-state index in [0.29, 0.717) is 0 Å². The predicted molar refractivity (Wildman–Crippen MR) is 127 cm³/mol. The second-order valence-corrected chi connectivity index (χ2v) is 9.76. The summed E-state index contributed by atoms with van der Waals surface area (Å²) in [5, 5.41) is 13.0. The predicted octanol–water partition coefficient (Wildman–Crippen LogP) is 0.426. The minimum Gasteiger partial charge on any atom is -0.462 e. The minimum atomic E-state index is -4.14. The quantitative estimate of drug-likeness (QED) is 0.188. The first kappa shape index (κ1) is 27.8. The standard InChI is InChI=1S/C22H30N3O10P/c1-15(21(28)32-11-10-31-2)24-36(30,35-16-6-4-3-5-7-16)33-14-19-18(26)12-17(34-19)13-25-9-8-20(27)23-22(25)29/h3-9,15,17-19,26H,10-14H2,1-2H3,(H,24,30)(H,23,27,29)/t15-,17?,18-,19+,36-/m0/s1. The summed E-state index contributed by atoms with van der Waals surface area (Å²) in [6.45, 7) is 1.42. The summed E-state index contributed by atoms with van der Waals surface area (Å²) >= 11 is 0. The van der Waals surface area contributed by atoms with Crippen LogP contribution >= 0.6 is 7.75 Å². The molecule has 1 aliphatic rings. The van der Waals surface area contributed by atoms with Crippen molar-refractivity contribution < 1.29 is 37.7 Å². The third-order valence-electron chi connectivity index (χ3n) is 5.21. The van der Waals surface area contributed by atoms with Gasteiger partial charge in [0.2, 0.25) is 0 Å². The number of ether oxygens (including phenoxy) is 3. The molecule has 36 heavy (non-hydrogen) atoms. The molecule has 3 rings (SSSR count). The van der Waals surface area contributed by atoms with Gasteiger partial charge in [-0.05, 0) is 19.1 Å². The fourth-order valence-electron chi connectivity index (χ4n) is 3.41. The number of hydrogen-bond acceptors (Lipinski definition) is 10. The van der Waals surface area contributed by atoms with E-state index in [-0.39, 0.29) is 38.5 Å². The normalized spacial score (nSPS) is 22.0. The smallest absolute Gasteiger partial charge is 0.459 e. The topological polar surface area (TPSA) is 167 Å². The maximum Gasteiger partial charge on any atom is 0.459 e. The van der Waals surface area contributed by atoms with Crippen LogP contribution in [-0.2, 0) is 34.6 Å². The summed E-state index contributed by atoms with van der Waals surface area (Å²) in [5.74, 6) is -0.451. The van der Waals surface area contributed by atoms with Gasteiger partial charge in [0.25, 0.3) is 5.56 Å². The lowest BCUT2D eigenvalue weighted by molar-refractivity contribution is -0.146. The molecule has 0 spiro atoms. The fourth-order valence-corrected chi connectivity index (χ4v) is 4.91. The first-order valence-electron chi connectivity index (χ1n) is 11.2. The molecule has 3 N–H and O–H groups in total. The lowest BCUT2D eigenvalue weighted by atomic mass is 10.1. The monoisotopic (exact) mass is 527 g/mol. The van der Waals surface area contributed by atoms with Crippen molar-refractivity contribution in [1.29, 1.82) is 0 Å². The van der Waals surface area contributed by atoms with Crippen LogP contribution in [0, 0.1) is 0 Å². The van der Waals surface area contributed by atoms with Crippen molar-refractivity contribution in [3.63, 3.8) is 0 Å². The number of aromatic amines is 1. The largest absolute Gasteiger partial charge is 0.462 e. The highest BCUT2D eigenvalue weighted by Crippen LogP contribution is 2.45. The molecular formula is C22H30N3O10P. The molecule has 1 fully saturated rings. The van der Waals surface area contributed by atoms with E-state index >= 15 is 0 Å². The van der Waals surface area contributed by atoms with Crippen molar-refractivity contribution in [3.05, 3.63) is 63.4 Å². The average molecular weight is 527 g/mol. The number of methoxy groups -OCH3 is 1. The number of benzene rings is 1. The Bertz CT molecular complexity index is 1150. The highest BCUT2D eigenvalue weighted by molar-refractivity contribution is 7.52. The van der Waals surface area contributed by atoms with Crippen molar-refractivity contribution >= 4 is 13.7 Å². The number of aliphatic hydroxyl groups excluding tert-OH is 1. The van der Waals surface area contributed by atoms with Gasteiger partial charge in [0.1, 0.15) is 24.5 Å². The van der Waals surface area contributed by atoms with Crippen LogP contribution in [0.3, 0.4) is 0 Å². The zero-order chi connectivity index (χ0) is 26.1. The third-order valence-corrected chi connectivity index (χ3v) is 6.86. The molecule has 0 radical (unpaired) electrons. The molecule has 0 amide bonds. The van der Waals surface area contributed by atoms with Crippen molar-refractivity contribution in [3.8, 4) is 5.75 Å². The first-order valence-corrected chi connectivity index (χ1v) is 12.8. The van der Waals surface area contributed by atoms with Crippen LogP contribution in [0.1, 0.15) is 13.3 Å². The summed E-state index contributed by atoms with van der Waals surface area (Å²) in [4.78, 5) is 37.6. The number of aromatic nitrogens is 2. The lowest BCUT2D eigenvalue weighted by Crippen LogP contribution is -2.37. The minimum absolute atomic E-state index is 0.0218. The number of hydrogen-bond donors (Lipinski definition) is 3. The molecule has 1 aromatic carbocycles. The molecular weight excluding hydrogens is 497 g/mol. The molecule has 0 aliphatic carbocycles. The molecule has 198 valence electrons. The number of nitrogens with one attached hydrogen (secondary N) is 2. The van der Waals surface area contributed by atoms with Gasteiger partial charge in [-0.2, -0.15) is 5.09 Å². The Morgan fingerprint density at radius 1 is 1.28 bits per heavy atom. The molecule has 1 unspecified atom stereocenters. The number of carbonyl (C=O) groups excluding carboxylic acids is 1. The van der Waals surface area contributed by atoms with Gasteiger partial charge < -0.3 is 23.8 Å². The van der Waals surface area contributed by atoms with Gasteiger partial charge in [-0.3, -0.25) is 23.7 Å². The Balaban J connectivity index is 1.64. The summed E-state index contributed by atoms with van der Waals surface area (Å²) < 4.78 is 41.6. The zero-order valence-corrected chi connectivity index (χ0v) is 20.8. The number of para-hydroxylation sites is 1. The van der Waals surface area contributed by atoms with Gasteiger partial charge in [0.15, 0.2) is 0 Å². The highest BCUT2D eigenvalue weighted by atomic mass is 31.2. The molecule has 1 saturated heterocycles. The fraction of sp³-hybridized carbons (Fsp3) is 0.500. The molecule has 0 bridgehead atoms. The van der Waals surface area contributed by atoms with E-state index in [0.717, 1.165) is 0 Å². The molecule has 1 aromatic heterocycles. The second kappa shape index (κ2) is 12.9. The highest BCUT2D eigenvalue weighted by Gasteiger charge is 2.38. The van der Waals surface area contributed by atoms with Crippen molar-refractivity contribution in [1.82, 2.24) is 14.6 Å². The van der Waals surface area contributed by atoms with Gasteiger partial charge >= 0.3 is 19.4 Å². The van der Waals surface area contributed by atoms with E-state index in [9.17, 15) is 24.1 Å². The van der Waals surface area contributed by atoms with Crippen LogP contribution in [-0.4, -0.2) is 71.9 Å². The average Bonchev–Trinajstić information content (AvgIpc) is 3.19. The maximum atomic E-state index is 13.5. The number of nitrogens with zero attached hydrogens (tertiary/aromatic N) is 1. The van der Waals surface area contributed by atoms with Gasteiger partial charge in [0, 0.05) is 25.8 Å². The number of rotatable bonds is 13. The van der Waals surface area contributed by atoms with Gasteiger partial charge in [0.05, 0.1) is 32.0 Å². The van der Waals surface area contributed by atoms with E-state index < -0.39 is 49.3 Å². The maximum absolute atomic E-state index is 13.5. The summed E-state index contributed by atoms with van der Waals surface area (Å²) in [6, 6.07) is 8.39. The van der Waals surface area contributed by atoms with Crippen LogP contribution in [0.15, 0.2) is 52.2 Å². The molecule has 5 atom stereocenters. The Labute approximate surface area is 206 Å². The van der Waals surface area contributed by atoms with E-state index in [1.165, 1.54) is 30.9 Å². The van der Waals surface area contributed by atoms with Crippen molar-refractivity contribution in [2.45, 2.75) is 44.2 Å². The van der Waals surface area contributed by atoms with E-state index in [2.05, 4.69) is 10.1 Å². The SMILES string of the molecule is COCCOC(=O)[C@H](C)N[P@](=O)(OC[C@H]1OC(Cn2ccc(=O)[nH]c2=O)C[C@@H]1O)Oc1ccccc1. The second-order valence-electron chi connectivity index (χ2n) is 8.07. The Hall–Kier alpha value is -2.80. The van der Waals surface area contributed by atoms with Crippen molar-refractivity contribution in [2.24, 2.45) is 0 Å². The molecule has 0 saturated carbocycles. The van der Waals surface area contributed by atoms with Crippen LogP contribution in [0.4, 0.5) is 0 Å². The number of H-pyrrole nitrogens is 1. The third kappa shape index (κ3) is 8.12. The first-order chi connectivity index (χ1) is 17.2. The Kier molecular flexibility index (Phi) is 9.99. The summed E-state index contributed by atoms with van der Waals surface area (Å²) in [6.07, 6.45) is -0.907. The Morgan fingerprint density at radius 3 is 2.72 bits per heavy atom. The molecule has 14 heteroatoms. The Morgan fingerprint density at radius 2 is 2.03 bits per heavy atom. The van der Waals surface area contributed by atoms with Crippen molar-refractivity contribution in [2.75, 3.05) is 26.9 Å². The number of carbonyl (C=O) groups is 1. The van der Waals surface area contributed by atoms with Crippen LogP contribution < -0.4 is 20.9 Å². The van der Waals surface area contributed by atoms with E-state index in [4.69, 9.17) is 23.3 Å².